The molecule has 0 aliphatic heterocycles. The van der Waals surface area contributed by atoms with Crippen LogP contribution in [0.5, 0.6) is 0 Å². The van der Waals surface area contributed by atoms with Crippen molar-refractivity contribution >= 4 is 17.4 Å². The first-order valence-electron chi connectivity index (χ1n) is 3.47. The lowest BCUT2D eigenvalue weighted by molar-refractivity contribution is -0.119. The first kappa shape index (κ1) is 6.79. The van der Waals surface area contributed by atoms with Gasteiger partial charge in [0, 0.05) is 17.5 Å². The highest BCUT2D eigenvalue weighted by molar-refractivity contribution is 7.03. The molecule has 2 unspecified atom stereocenters. The van der Waals surface area contributed by atoms with E-state index in [9.17, 15) is 4.79 Å². The molecule has 1 aliphatic rings. The van der Waals surface area contributed by atoms with E-state index in [4.69, 9.17) is 5.73 Å². The highest BCUT2D eigenvalue weighted by atomic mass is 32.1. The van der Waals surface area contributed by atoms with Gasteiger partial charge in [-0.1, -0.05) is 0 Å². The van der Waals surface area contributed by atoms with E-state index in [0.29, 0.717) is 5.92 Å². The Bertz CT molecular complexity index is 270. The maximum absolute atomic E-state index is 10.7. The fourth-order valence-electron chi connectivity index (χ4n) is 1.27. The van der Waals surface area contributed by atoms with Crippen molar-refractivity contribution < 1.29 is 4.79 Å². The summed E-state index contributed by atoms with van der Waals surface area (Å²) in [5.74, 6) is 0.263. The standard InChI is InChI=1S/C7H8N2OS/c8-7(10)6-1-5(6)4-2-9-11-3-4/h2-3,5-6H,1H2,(H2,8,10). The molecule has 4 heteroatoms. The molecule has 2 N–H and O–H groups in total. The minimum Gasteiger partial charge on any atom is -0.369 e. The van der Waals surface area contributed by atoms with Crippen LogP contribution >= 0.6 is 11.5 Å². The van der Waals surface area contributed by atoms with Gasteiger partial charge in [-0.2, -0.15) is 0 Å². The van der Waals surface area contributed by atoms with Gasteiger partial charge in [0.15, 0.2) is 0 Å². The fourth-order valence-corrected chi connectivity index (χ4v) is 1.87. The Hall–Kier alpha value is -0.900. The van der Waals surface area contributed by atoms with Gasteiger partial charge in [0.25, 0.3) is 0 Å². The van der Waals surface area contributed by atoms with Crippen molar-refractivity contribution in [1.29, 1.82) is 0 Å². The van der Waals surface area contributed by atoms with E-state index < -0.39 is 0 Å². The second-order valence-electron chi connectivity index (χ2n) is 2.81. The monoisotopic (exact) mass is 168 g/mol. The van der Waals surface area contributed by atoms with Crippen LogP contribution < -0.4 is 5.73 Å². The molecule has 1 aromatic rings. The molecule has 1 heterocycles. The highest BCUT2D eigenvalue weighted by Gasteiger charge is 2.43. The van der Waals surface area contributed by atoms with Crippen molar-refractivity contribution in [2.45, 2.75) is 12.3 Å². The summed E-state index contributed by atoms with van der Waals surface area (Å²) in [6.07, 6.45) is 2.73. The molecule has 0 spiro atoms. The van der Waals surface area contributed by atoms with E-state index in [-0.39, 0.29) is 11.8 Å². The molecule has 1 fully saturated rings. The van der Waals surface area contributed by atoms with Crippen molar-refractivity contribution in [3.05, 3.63) is 17.1 Å². The van der Waals surface area contributed by atoms with Crippen molar-refractivity contribution in [2.75, 3.05) is 0 Å². The Kier molecular flexibility index (Phi) is 1.42. The molecule has 0 bridgehead atoms. The summed E-state index contributed by atoms with van der Waals surface area (Å²) in [4.78, 5) is 10.7. The maximum atomic E-state index is 10.7. The SMILES string of the molecule is NC(=O)C1CC1c1cnsc1. The Morgan fingerprint density at radius 3 is 3.09 bits per heavy atom. The smallest absolute Gasteiger partial charge is 0.221 e. The summed E-state index contributed by atoms with van der Waals surface area (Å²) in [7, 11) is 0. The van der Waals surface area contributed by atoms with Gasteiger partial charge in [-0.05, 0) is 29.4 Å². The molecule has 11 heavy (non-hydrogen) atoms. The van der Waals surface area contributed by atoms with Crippen LogP contribution in [-0.2, 0) is 4.79 Å². The molecule has 1 aromatic heterocycles. The molecule has 0 radical (unpaired) electrons. The van der Waals surface area contributed by atoms with Crippen molar-refractivity contribution in [3.63, 3.8) is 0 Å². The Labute approximate surface area is 68.4 Å². The minimum atomic E-state index is -0.179. The second-order valence-corrected chi connectivity index (χ2v) is 3.47. The van der Waals surface area contributed by atoms with E-state index in [0.717, 1.165) is 6.42 Å². The average molecular weight is 168 g/mol. The van der Waals surface area contributed by atoms with E-state index in [1.54, 1.807) is 0 Å². The van der Waals surface area contributed by atoms with Gasteiger partial charge in [-0.3, -0.25) is 4.79 Å². The number of nitrogens with zero attached hydrogens (tertiary/aromatic N) is 1. The quantitative estimate of drug-likeness (QED) is 0.707. The van der Waals surface area contributed by atoms with Gasteiger partial charge in [0.2, 0.25) is 5.91 Å². The highest BCUT2D eigenvalue weighted by Crippen LogP contribution is 2.47. The molecule has 2 atom stereocenters. The summed E-state index contributed by atoms with van der Waals surface area (Å²) >= 11 is 1.42. The van der Waals surface area contributed by atoms with E-state index in [1.807, 2.05) is 11.6 Å². The molecular weight excluding hydrogens is 160 g/mol. The largest absolute Gasteiger partial charge is 0.369 e. The van der Waals surface area contributed by atoms with Gasteiger partial charge in [0.1, 0.15) is 0 Å². The lowest BCUT2D eigenvalue weighted by Gasteiger charge is -1.89. The number of amides is 1. The number of nitrogens with two attached hydrogens (primary N) is 1. The predicted octanol–water partition coefficient (Wildman–Crippen LogP) is 0.732. The molecule has 1 saturated carbocycles. The number of hydrogen-bond donors (Lipinski definition) is 1. The third-order valence-electron chi connectivity index (χ3n) is 2.04. The van der Waals surface area contributed by atoms with Crippen LogP contribution in [-0.4, -0.2) is 10.3 Å². The number of aromatic nitrogens is 1. The van der Waals surface area contributed by atoms with Gasteiger partial charge in [-0.15, -0.1) is 0 Å². The molecule has 58 valence electrons. The van der Waals surface area contributed by atoms with Crippen LogP contribution in [0.25, 0.3) is 0 Å². The normalized spacial score (nSPS) is 28.4. The van der Waals surface area contributed by atoms with Crippen molar-refractivity contribution in [3.8, 4) is 0 Å². The van der Waals surface area contributed by atoms with Crippen molar-refractivity contribution in [2.24, 2.45) is 11.7 Å². The van der Waals surface area contributed by atoms with Gasteiger partial charge < -0.3 is 5.73 Å². The molecule has 2 rings (SSSR count). The third-order valence-corrected chi connectivity index (χ3v) is 2.64. The molecule has 1 aliphatic carbocycles. The topological polar surface area (TPSA) is 56.0 Å². The Morgan fingerprint density at radius 1 is 1.82 bits per heavy atom. The van der Waals surface area contributed by atoms with Crippen LogP contribution in [0.4, 0.5) is 0 Å². The molecule has 3 nitrogen and oxygen atoms in total. The zero-order chi connectivity index (χ0) is 7.84. The Balaban J connectivity index is 2.08. The number of rotatable bonds is 2. The molecule has 0 aromatic carbocycles. The van der Waals surface area contributed by atoms with Gasteiger partial charge >= 0.3 is 0 Å². The minimum absolute atomic E-state index is 0.0754. The van der Waals surface area contributed by atoms with Crippen LogP contribution in [0.2, 0.25) is 0 Å². The van der Waals surface area contributed by atoms with Crippen LogP contribution in [0.1, 0.15) is 17.9 Å². The summed E-state index contributed by atoms with van der Waals surface area (Å²) in [5.41, 5.74) is 6.30. The number of carbonyl (C=O) groups is 1. The zero-order valence-corrected chi connectivity index (χ0v) is 6.67. The molecular formula is C7H8N2OS. The first-order chi connectivity index (χ1) is 5.29. The summed E-state index contributed by atoms with van der Waals surface area (Å²) in [6, 6.07) is 0. The maximum Gasteiger partial charge on any atom is 0.221 e. The predicted molar refractivity (Wildman–Crippen MR) is 42.2 cm³/mol. The van der Waals surface area contributed by atoms with Crippen molar-refractivity contribution in [1.82, 2.24) is 4.37 Å². The summed E-state index contributed by atoms with van der Waals surface area (Å²) in [6.45, 7) is 0. The molecule has 0 saturated heterocycles. The van der Waals surface area contributed by atoms with Crippen LogP contribution in [0, 0.1) is 5.92 Å². The van der Waals surface area contributed by atoms with E-state index in [2.05, 4.69) is 4.37 Å². The second kappa shape index (κ2) is 2.30. The average Bonchev–Trinajstić information content (AvgIpc) is 2.60. The third kappa shape index (κ3) is 1.14. The summed E-state index contributed by atoms with van der Waals surface area (Å²) in [5, 5.41) is 1.98. The number of primary amides is 1. The van der Waals surface area contributed by atoms with Crippen LogP contribution in [0.15, 0.2) is 11.6 Å². The van der Waals surface area contributed by atoms with Gasteiger partial charge in [0.05, 0.1) is 0 Å². The van der Waals surface area contributed by atoms with E-state index >= 15 is 0 Å². The van der Waals surface area contributed by atoms with E-state index in [1.165, 1.54) is 17.1 Å². The summed E-state index contributed by atoms with van der Waals surface area (Å²) < 4.78 is 3.97. The number of carbonyl (C=O) groups excluding carboxylic acids is 1. The van der Waals surface area contributed by atoms with Gasteiger partial charge in [-0.25, -0.2) is 4.37 Å². The first-order valence-corrected chi connectivity index (χ1v) is 4.31. The lowest BCUT2D eigenvalue weighted by atomic mass is 10.2. The Morgan fingerprint density at radius 2 is 2.64 bits per heavy atom. The number of hydrogen-bond acceptors (Lipinski definition) is 3. The fraction of sp³-hybridized carbons (Fsp3) is 0.429. The molecule has 1 amide bonds. The van der Waals surface area contributed by atoms with Crippen LogP contribution in [0.3, 0.4) is 0 Å². The zero-order valence-electron chi connectivity index (χ0n) is 5.86. The lowest BCUT2D eigenvalue weighted by Crippen LogP contribution is -2.13.